The van der Waals surface area contributed by atoms with Gasteiger partial charge in [-0.1, -0.05) is 60.7 Å². The molecule has 0 heterocycles. The SMILES string of the molecule is Br.c1ccc(C2(c3ccccc3)CC2)cc1. The first-order valence-electron chi connectivity index (χ1n) is 5.53. The lowest BCUT2D eigenvalue weighted by molar-refractivity contribution is 0.847. The maximum atomic E-state index is 2.25. The Balaban J connectivity index is 0.000000963. The van der Waals surface area contributed by atoms with E-state index in [0.717, 1.165) is 0 Å². The van der Waals surface area contributed by atoms with Gasteiger partial charge in [-0.3, -0.25) is 0 Å². The van der Waals surface area contributed by atoms with E-state index in [1.54, 1.807) is 0 Å². The molecule has 1 aliphatic carbocycles. The molecule has 0 spiro atoms. The van der Waals surface area contributed by atoms with Crippen molar-refractivity contribution in [1.29, 1.82) is 0 Å². The second-order valence-corrected chi connectivity index (χ2v) is 4.31. The maximum absolute atomic E-state index is 2.25. The third kappa shape index (κ3) is 1.80. The molecule has 0 nitrogen and oxygen atoms in total. The molecule has 82 valence electrons. The van der Waals surface area contributed by atoms with Gasteiger partial charge in [0, 0.05) is 5.41 Å². The van der Waals surface area contributed by atoms with Crippen molar-refractivity contribution in [2.75, 3.05) is 0 Å². The second-order valence-electron chi connectivity index (χ2n) is 4.31. The normalized spacial score (nSPS) is 16.2. The Kier molecular flexibility index (Phi) is 3.15. The largest absolute Gasteiger partial charge is 0.114 e. The van der Waals surface area contributed by atoms with Crippen LogP contribution in [0.3, 0.4) is 0 Å². The summed E-state index contributed by atoms with van der Waals surface area (Å²) in [5.41, 5.74) is 3.27. The zero-order valence-electron chi connectivity index (χ0n) is 9.10. The molecule has 3 rings (SSSR count). The summed E-state index contributed by atoms with van der Waals surface area (Å²) in [5.74, 6) is 0. The van der Waals surface area contributed by atoms with Gasteiger partial charge in [-0.15, -0.1) is 17.0 Å². The minimum absolute atomic E-state index is 0. The molecule has 0 atom stereocenters. The number of rotatable bonds is 2. The zero-order valence-corrected chi connectivity index (χ0v) is 10.8. The van der Waals surface area contributed by atoms with Crippen LogP contribution in [0.1, 0.15) is 24.0 Å². The average Bonchev–Trinajstić information content (AvgIpc) is 3.13. The lowest BCUT2D eigenvalue weighted by atomic mass is 9.88. The zero-order chi connectivity index (χ0) is 10.1. The van der Waals surface area contributed by atoms with E-state index in [2.05, 4.69) is 60.7 Å². The smallest absolute Gasteiger partial charge is 0.0203 e. The van der Waals surface area contributed by atoms with Gasteiger partial charge in [-0.2, -0.15) is 0 Å². The van der Waals surface area contributed by atoms with Gasteiger partial charge >= 0.3 is 0 Å². The summed E-state index contributed by atoms with van der Waals surface area (Å²) in [4.78, 5) is 0. The molecule has 2 aromatic rings. The summed E-state index contributed by atoms with van der Waals surface area (Å²) in [6.45, 7) is 0. The molecule has 0 aliphatic heterocycles. The molecule has 0 aromatic heterocycles. The molecule has 0 unspecified atom stereocenters. The molecule has 1 heteroatoms. The van der Waals surface area contributed by atoms with Gasteiger partial charge in [0.15, 0.2) is 0 Å². The Hall–Kier alpha value is -1.08. The van der Waals surface area contributed by atoms with Crippen LogP contribution in [0.4, 0.5) is 0 Å². The van der Waals surface area contributed by atoms with Gasteiger partial charge in [0.05, 0.1) is 0 Å². The van der Waals surface area contributed by atoms with Crippen LogP contribution < -0.4 is 0 Å². The Labute approximate surface area is 107 Å². The van der Waals surface area contributed by atoms with Crippen molar-refractivity contribution in [3.63, 3.8) is 0 Å². The molecular weight excluding hydrogens is 260 g/mol. The third-order valence-electron chi connectivity index (χ3n) is 3.40. The van der Waals surface area contributed by atoms with E-state index in [1.165, 1.54) is 24.0 Å². The van der Waals surface area contributed by atoms with Crippen molar-refractivity contribution in [3.05, 3.63) is 71.8 Å². The van der Waals surface area contributed by atoms with Crippen LogP contribution in [0.5, 0.6) is 0 Å². The van der Waals surface area contributed by atoms with Crippen LogP contribution >= 0.6 is 17.0 Å². The number of hydrogen-bond acceptors (Lipinski definition) is 0. The first kappa shape index (κ1) is 11.4. The van der Waals surface area contributed by atoms with Crippen molar-refractivity contribution in [1.82, 2.24) is 0 Å². The molecule has 0 N–H and O–H groups in total. The van der Waals surface area contributed by atoms with Gasteiger partial charge in [-0.25, -0.2) is 0 Å². The fourth-order valence-corrected chi connectivity index (χ4v) is 2.38. The van der Waals surface area contributed by atoms with Gasteiger partial charge < -0.3 is 0 Å². The van der Waals surface area contributed by atoms with E-state index in [0.29, 0.717) is 5.41 Å². The summed E-state index contributed by atoms with van der Waals surface area (Å²) in [6, 6.07) is 21.7. The van der Waals surface area contributed by atoms with E-state index in [4.69, 9.17) is 0 Å². The quantitative estimate of drug-likeness (QED) is 0.764. The Morgan fingerprint density at radius 3 is 1.31 bits per heavy atom. The molecule has 0 amide bonds. The lowest BCUT2D eigenvalue weighted by Gasteiger charge is -2.15. The molecule has 16 heavy (non-hydrogen) atoms. The van der Waals surface area contributed by atoms with Crippen LogP contribution in [-0.2, 0) is 5.41 Å². The average molecular weight is 275 g/mol. The Morgan fingerprint density at radius 2 is 1.00 bits per heavy atom. The van der Waals surface area contributed by atoms with E-state index in [1.807, 2.05) is 0 Å². The van der Waals surface area contributed by atoms with Crippen LogP contribution in [0, 0.1) is 0 Å². The highest BCUT2D eigenvalue weighted by Gasteiger charge is 2.45. The van der Waals surface area contributed by atoms with E-state index >= 15 is 0 Å². The molecule has 0 saturated heterocycles. The second kappa shape index (κ2) is 4.42. The predicted octanol–water partition coefficient (Wildman–Crippen LogP) is 4.34. The van der Waals surface area contributed by atoms with Crippen molar-refractivity contribution >= 4 is 17.0 Å². The van der Waals surface area contributed by atoms with Crippen LogP contribution in [0.25, 0.3) is 0 Å². The monoisotopic (exact) mass is 274 g/mol. The number of benzene rings is 2. The number of halogens is 1. The van der Waals surface area contributed by atoms with Gasteiger partial charge in [0.1, 0.15) is 0 Å². The molecule has 1 aliphatic rings. The van der Waals surface area contributed by atoms with Crippen molar-refractivity contribution in [2.24, 2.45) is 0 Å². The molecule has 2 aromatic carbocycles. The Bertz CT molecular complexity index is 402. The topological polar surface area (TPSA) is 0 Å². The highest BCUT2D eigenvalue weighted by atomic mass is 79.9. The fraction of sp³-hybridized carbons (Fsp3) is 0.200. The summed E-state index contributed by atoms with van der Waals surface area (Å²) in [7, 11) is 0. The standard InChI is InChI=1S/C15H14.BrH/c1-3-7-13(8-4-1)15(11-12-15)14-9-5-2-6-10-14;/h1-10H,11-12H2;1H. The van der Waals surface area contributed by atoms with Crippen molar-refractivity contribution < 1.29 is 0 Å². The minimum atomic E-state index is 0. The number of hydrogen-bond donors (Lipinski definition) is 0. The lowest BCUT2D eigenvalue weighted by Crippen LogP contribution is -2.07. The van der Waals surface area contributed by atoms with Gasteiger partial charge in [-0.05, 0) is 24.0 Å². The molecule has 1 saturated carbocycles. The minimum Gasteiger partial charge on any atom is -0.114 e. The third-order valence-corrected chi connectivity index (χ3v) is 3.40. The molecule has 0 radical (unpaired) electrons. The summed E-state index contributed by atoms with van der Waals surface area (Å²) in [6.07, 6.45) is 2.59. The molecular formula is C15H15Br. The summed E-state index contributed by atoms with van der Waals surface area (Å²) < 4.78 is 0. The maximum Gasteiger partial charge on any atom is 0.0203 e. The predicted molar refractivity (Wildman–Crippen MR) is 73.2 cm³/mol. The molecule has 0 bridgehead atoms. The summed E-state index contributed by atoms with van der Waals surface area (Å²) >= 11 is 0. The van der Waals surface area contributed by atoms with E-state index in [-0.39, 0.29) is 17.0 Å². The summed E-state index contributed by atoms with van der Waals surface area (Å²) in [5, 5.41) is 0. The first-order chi connectivity index (χ1) is 7.42. The highest BCUT2D eigenvalue weighted by Crippen LogP contribution is 2.53. The van der Waals surface area contributed by atoms with E-state index < -0.39 is 0 Å². The van der Waals surface area contributed by atoms with Crippen molar-refractivity contribution in [3.8, 4) is 0 Å². The first-order valence-corrected chi connectivity index (χ1v) is 5.53. The van der Waals surface area contributed by atoms with E-state index in [9.17, 15) is 0 Å². The van der Waals surface area contributed by atoms with Gasteiger partial charge in [0.2, 0.25) is 0 Å². The van der Waals surface area contributed by atoms with Gasteiger partial charge in [0.25, 0.3) is 0 Å². The van der Waals surface area contributed by atoms with Crippen molar-refractivity contribution in [2.45, 2.75) is 18.3 Å². The Morgan fingerprint density at radius 1 is 0.625 bits per heavy atom. The fourth-order valence-electron chi connectivity index (χ4n) is 2.38. The van der Waals surface area contributed by atoms with Crippen LogP contribution in [-0.4, -0.2) is 0 Å². The molecule has 1 fully saturated rings. The van der Waals surface area contributed by atoms with Crippen LogP contribution in [0.15, 0.2) is 60.7 Å². The highest BCUT2D eigenvalue weighted by molar-refractivity contribution is 8.93. The van der Waals surface area contributed by atoms with Crippen LogP contribution in [0.2, 0.25) is 0 Å².